The van der Waals surface area contributed by atoms with Gasteiger partial charge in [0.25, 0.3) is 0 Å². The van der Waals surface area contributed by atoms with E-state index in [1.165, 1.54) is 6.42 Å². The molecule has 0 aliphatic heterocycles. The second-order valence-electron chi connectivity index (χ2n) is 6.82. The molecule has 2 aromatic rings. The second kappa shape index (κ2) is 8.25. The quantitative estimate of drug-likeness (QED) is 0.801. The fourth-order valence-corrected chi connectivity index (χ4v) is 3.58. The number of aliphatic hydroxyl groups is 1. The molecule has 0 spiro atoms. The molecule has 3 rings (SSSR count). The van der Waals surface area contributed by atoms with Crippen LogP contribution in [0.2, 0.25) is 0 Å². The summed E-state index contributed by atoms with van der Waals surface area (Å²) in [7, 11) is 0. The number of pyridine rings is 1. The zero-order valence-corrected chi connectivity index (χ0v) is 14.1. The van der Waals surface area contributed by atoms with Crippen LogP contribution in [-0.2, 0) is 11.2 Å². The Bertz CT molecular complexity index is 686. The lowest BCUT2D eigenvalue weighted by Crippen LogP contribution is -2.28. The van der Waals surface area contributed by atoms with Crippen molar-refractivity contribution in [3.63, 3.8) is 0 Å². The first-order chi connectivity index (χ1) is 11.7. The number of rotatable bonds is 6. The molecule has 4 nitrogen and oxygen atoms in total. The van der Waals surface area contributed by atoms with E-state index in [9.17, 15) is 9.90 Å². The Morgan fingerprint density at radius 3 is 2.96 bits per heavy atom. The van der Waals surface area contributed by atoms with Crippen molar-refractivity contribution in [1.82, 2.24) is 10.3 Å². The van der Waals surface area contributed by atoms with E-state index in [0.29, 0.717) is 18.9 Å². The van der Waals surface area contributed by atoms with E-state index < -0.39 is 0 Å². The lowest BCUT2D eigenvalue weighted by atomic mass is 9.83. The van der Waals surface area contributed by atoms with Gasteiger partial charge in [0, 0.05) is 18.1 Å². The van der Waals surface area contributed by atoms with Gasteiger partial charge in [0.05, 0.1) is 18.0 Å². The normalized spacial score (nSPS) is 20.9. The number of para-hydroxylation sites is 1. The third kappa shape index (κ3) is 4.54. The van der Waals surface area contributed by atoms with Crippen molar-refractivity contribution in [1.29, 1.82) is 0 Å². The molecule has 1 heterocycles. The third-order valence-corrected chi connectivity index (χ3v) is 4.95. The second-order valence-corrected chi connectivity index (χ2v) is 6.82. The molecule has 0 bridgehead atoms. The Morgan fingerprint density at radius 2 is 2.08 bits per heavy atom. The summed E-state index contributed by atoms with van der Waals surface area (Å²) in [6.45, 7) is 0.684. The van der Waals surface area contributed by atoms with Gasteiger partial charge in [-0.25, -0.2) is 0 Å². The average Bonchev–Trinajstić information content (AvgIpc) is 2.60. The maximum atomic E-state index is 12.1. The molecule has 4 heteroatoms. The predicted octanol–water partition coefficient (Wildman–Crippen LogP) is 3.22. The van der Waals surface area contributed by atoms with Crippen LogP contribution in [0.5, 0.6) is 0 Å². The number of carbonyl (C=O) groups is 1. The maximum Gasteiger partial charge on any atom is 0.224 e. The molecule has 1 fully saturated rings. The Kier molecular flexibility index (Phi) is 5.81. The van der Waals surface area contributed by atoms with Gasteiger partial charge in [-0.3, -0.25) is 9.78 Å². The van der Waals surface area contributed by atoms with Gasteiger partial charge in [0.15, 0.2) is 0 Å². The lowest BCUT2D eigenvalue weighted by molar-refractivity contribution is -0.120. The maximum absolute atomic E-state index is 12.1. The van der Waals surface area contributed by atoms with Crippen LogP contribution in [0.15, 0.2) is 36.5 Å². The summed E-state index contributed by atoms with van der Waals surface area (Å²) in [6, 6.07) is 9.96. The minimum absolute atomic E-state index is 0.0382. The molecule has 2 N–H and O–H groups in total. The van der Waals surface area contributed by atoms with Crippen molar-refractivity contribution in [2.75, 3.05) is 6.54 Å². The van der Waals surface area contributed by atoms with Gasteiger partial charge in [-0.2, -0.15) is 0 Å². The number of nitrogens with one attached hydrogen (secondary N) is 1. The first-order valence-corrected chi connectivity index (χ1v) is 9.01. The van der Waals surface area contributed by atoms with Crippen molar-refractivity contribution in [3.05, 3.63) is 42.1 Å². The Morgan fingerprint density at radius 1 is 1.25 bits per heavy atom. The number of hydrogen-bond donors (Lipinski definition) is 2. The summed E-state index contributed by atoms with van der Waals surface area (Å²) in [5, 5.41) is 14.0. The van der Waals surface area contributed by atoms with Crippen LogP contribution < -0.4 is 5.32 Å². The largest absolute Gasteiger partial charge is 0.393 e. The number of hydrogen-bond acceptors (Lipinski definition) is 3. The lowest BCUT2D eigenvalue weighted by Gasteiger charge is -2.27. The number of fused-ring (bicyclic) bond motifs is 1. The molecule has 128 valence electrons. The minimum Gasteiger partial charge on any atom is -0.393 e. The number of benzene rings is 1. The number of carbonyl (C=O) groups excluding carboxylic acids is 1. The standard InChI is InChI=1S/C20H26N2O2/c23-19-10-4-2-6-16(19)8-5-11-21-20(24)13-15-12-17-7-1-3-9-18(17)22-14-15/h1,3,7,9,12,14,16,19,23H,2,4-6,8,10-11,13H2,(H,21,24)/t16-,19-/m1/s1. The van der Waals surface area contributed by atoms with Crippen LogP contribution in [-0.4, -0.2) is 28.6 Å². The van der Waals surface area contributed by atoms with Crippen LogP contribution >= 0.6 is 0 Å². The zero-order chi connectivity index (χ0) is 16.8. The Balaban J connectivity index is 1.41. The Labute approximate surface area is 143 Å². The van der Waals surface area contributed by atoms with E-state index in [1.54, 1.807) is 6.20 Å². The molecular weight excluding hydrogens is 300 g/mol. The summed E-state index contributed by atoms with van der Waals surface area (Å²) in [5.41, 5.74) is 1.89. The molecule has 2 atom stereocenters. The van der Waals surface area contributed by atoms with Crippen LogP contribution in [0, 0.1) is 5.92 Å². The molecule has 1 aromatic heterocycles. The van der Waals surface area contributed by atoms with Gasteiger partial charge in [0.2, 0.25) is 5.91 Å². The molecule has 1 saturated carbocycles. The van der Waals surface area contributed by atoms with Gasteiger partial charge >= 0.3 is 0 Å². The van der Waals surface area contributed by atoms with Gasteiger partial charge in [0.1, 0.15) is 0 Å². The van der Waals surface area contributed by atoms with E-state index in [1.807, 2.05) is 30.3 Å². The van der Waals surface area contributed by atoms with Crippen LogP contribution in [0.3, 0.4) is 0 Å². The minimum atomic E-state index is -0.141. The van der Waals surface area contributed by atoms with Crippen molar-refractivity contribution in [2.24, 2.45) is 5.92 Å². The molecule has 1 amide bonds. The van der Waals surface area contributed by atoms with E-state index in [-0.39, 0.29) is 12.0 Å². The average molecular weight is 326 g/mol. The van der Waals surface area contributed by atoms with E-state index in [2.05, 4.69) is 10.3 Å². The number of nitrogens with zero attached hydrogens (tertiary/aromatic N) is 1. The van der Waals surface area contributed by atoms with E-state index >= 15 is 0 Å². The zero-order valence-electron chi connectivity index (χ0n) is 14.1. The number of amides is 1. The molecule has 1 aliphatic rings. The van der Waals surface area contributed by atoms with Crippen molar-refractivity contribution in [2.45, 2.75) is 51.0 Å². The highest BCUT2D eigenvalue weighted by atomic mass is 16.3. The molecule has 0 unspecified atom stereocenters. The SMILES string of the molecule is O=C(Cc1cnc2ccccc2c1)NCCC[C@H]1CCCC[C@H]1O. The van der Waals surface area contributed by atoms with Crippen molar-refractivity contribution >= 4 is 16.8 Å². The first kappa shape index (κ1) is 16.9. The molecule has 1 aromatic carbocycles. The first-order valence-electron chi connectivity index (χ1n) is 9.01. The van der Waals surface area contributed by atoms with Gasteiger partial charge < -0.3 is 10.4 Å². The van der Waals surface area contributed by atoms with E-state index in [4.69, 9.17) is 0 Å². The summed E-state index contributed by atoms with van der Waals surface area (Å²) in [6.07, 6.45) is 8.37. The molecule has 0 saturated heterocycles. The number of aromatic nitrogens is 1. The predicted molar refractivity (Wildman–Crippen MR) is 95.7 cm³/mol. The van der Waals surface area contributed by atoms with Gasteiger partial charge in [-0.1, -0.05) is 31.0 Å². The topological polar surface area (TPSA) is 62.2 Å². The molecular formula is C20H26N2O2. The van der Waals surface area contributed by atoms with Gasteiger partial charge in [-0.05, 0) is 49.3 Å². The highest BCUT2D eigenvalue weighted by Gasteiger charge is 2.22. The molecule has 0 radical (unpaired) electrons. The molecule has 24 heavy (non-hydrogen) atoms. The summed E-state index contributed by atoms with van der Waals surface area (Å²) >= 11 is 0. The summed E-state index contributed by atoms with van der Waals surface area (Å²) < 4.78 is 0. The highest BCUT2D eigenvalue weighted by Crippen LogP contribution is 2.27. The fraction of sp³-hybridized carbons (Fsp3) is 0.500. The monoisotopic (exact) mass is 326 g/mol. The van der Waals surface area contributed by atoms with Crippen LogP contribution in [0.4, 0.5) is 0 Å². The number of aliphatic hydroxyl groups excluding tert-OH is 1. The van der Waals surface area contributed by atoms with Crippen molar-refractivity contribution < 1.29 is 9.90 Å². The van der Waals surface area contributed by atoms with Gasteiger partial charge in [-0.15, -0.1) is 0 Å². The smallest absolute Gasteiger partial charge is 0.224 e. The van der Waals surface area contributed by atoms with E-state index in [0.717, 1.165) is 48.6 Å². The summed E-state index contributed by atoms with van der Waals surface area (Å²) in [5.74, 6) is 0.455. The summed E-state index contributed by atoms with van der Waals surface area (Å²) in [4.78, 5) is 16.5. The molecule has 1 aliphatic carbocycles. The van der Waals surface area contributed by atoms with Crippen LogP contribution in [0.25, 0.3) is 10.9 Å². The highest BCUT2D eigenvalue weighted by molar-refractivity contribution is 5.82. The van der Waals surface area contributed by atoms with Crippen LogP contribution in [0.1, 0.15) is 44.1 Å². The fourth-order valence-electron chi connectivity index (χ4n) is 3.58. The van der Waals surface area contributed by atoms with Crippen molar-refractivity contribution in [3.8, 4) is 0 Å². The Hall–Kier alpha value is -1.94. The third-order valence-electron chi connectivity index (χ3n) is 4.95.